The van der Waals surface area contributed by atoms with Crippen LogP contribution in [0.1, 0.15) is 56.6 Å². The van der Waals surface area contributed by atoms with Crippen LogP contribution in [-0.4, -0.2) is 186 Å². The molecule has 14 rings (SSSR count). The number of carbonyl (C=O) groups is 4. The van der Waals surface area contributed by atoms with E-state index in [2.05, 4.69) is 60.9 Å². The summed E-state index contributed by atoms with van der Waals surface area (Å²) in [6.07, 6.45) is 7.77. The molecule has 1 unspecified atom stereocenters. The Balaban J connectivity index is 0.000000229. The maximum absolute atomic E-state index is 13.4. The normalized spacial score (nSPS) is 16.3. The van der Waals surface area contributed by atoms with Gasteiger partial charge in [-0.05, 0) is 184 Å². The van der Waals surface area contributed by atoms with E-state index in [1.807, 2.05) is 54.0 Å². The van der Waals surface area contributed by atoms with Crippen molar-refractivity contribution < 1.29 is 65.5 Å². The molecule has 8 heterocycles. The van der Waals surface area contributed by atoms with Gasteiger partial charge >= 0.3 is 0 Å². The number of piperazine rings is 3. The minimum atomic E-state index is -3.86. The maximum atomic E-state index is 13.4. The number of pyridine rings is 1. The van der Waals surface area contributed by atoms with E-state index in [-0.39, 0.29) is 74.9 Å². The smallest absolute Gasteiger partial charge is 0.263 e. The Kier molecular flexibility index (Phi) is 24.0. The number of benzene rings is 6. The third kappa shape index (κ3) is 18.5. The zero-order valence-corrected chi connectivity index (χ0v) is 62.3. The Morgan fingerprint density at radius 3 is 1.56 bits per heavy atom. The number of hydrogen-bond acceptors (Lipinski definition) is 20. The maximum Gasteiger partial charge on any atom is 0.263 e. The van der Waals surface area contributed by atoms with Crippen LogP contribution in [0, 0.1) is 11.6 Å². The summed E-state index contributed by atoms with van der Waals surface area (Å²) in [5.41, 5.74) is 7.25. The largest absolute Gasteiger partial charge is 0.378 e. The molecular formula is C74H88ClF2N15O11S4. The molecule has 3 aromatic heterocycles. The summed E-state index contributed by atoms with van der Waals surface area (Å²) >= 11 is 7.37. The Bertz CT molecular complexity index is 4990. The fraction of sp³-hybridized carbons (Fsp3) is 0.297. The van der Waals surface area contributed by atoms with Crippen molar-refractivity contribution in [2.24, 2.45) is 0 Å². The lowest BCUT2D eigenvalue weighted by molar-refractivity contribution is -0.141. The molecule has 0 saturated carbocycles. The van der Waals surface area contributed by atoms with Gasteiger partial charge in [0.1, 0.15) is 48.2 Å². The number of aliphatic hydroxyl groups excluding tert-OH is 1. The Morgan fingerprint density at radius 2 is 1.03 bits per heavy atom. The molecule has 107 heavy (non-hydrogen) atoms. The third-order valence-electron chi connectivity index (χ3n) is 19.1. The number of aromatic nitrogens is 4. The number of nitrogens with zero attached hydrogens (tertiary/aromatic N) is 12. The van der Waals surface area contributed by atoms with Crippen molar-refractivity contribution >= 4 is 122 Å². The third-order valence-corrected chi connectivity index (χ3v) is 24.2. The predicted molar refractivity (Wildman–Crippen MR) is 417 cm³/mol. The average molecular weight is 1570 g/mol. The number of hydrogen-bond donors (Lipinski definition) is 4. The van der Waals surface area contributed by atoms with E-state index < -0.39 is 53.7 Å². The number of amides is 4. The summed E-state index contributed by atoms with van der Waals surface area (Å²) < 4.78 is 109. The number of aliphatic hydroxyl groups is 1. The van der Waals surface area contributed by atoms with E-state index in [1.54, 1.807) is 56.5 Å². The molecule has 5 aliphatic heterocycles. The second kappa shape index (κ2) is 33.6. The van der Waals surface area contributed by atoms with Crippen molar-refractivity contribution in [1.29, 1.82) is 0 Å². The first-order valence-corrected chi connectivity index (χ1v) is 40.2. The van der Waals surface area contributed by atoms with Crippen LogP contribution >= 0.6 is 22.9 Å². The fourth-order valence-corrected chi connectivity index (χ4v) is 17.3. The predicted octanol–water partition coefficient (Wildman–Crippen LogP) is 10.2. The van der Waals surface area contributed by atoms with Gasteiger partial charge in [0.2, 0.25) is 17.7 Å². The van der Waals surface area contributed by atoms with E-state index >= 15 is 0 Å². The Labute approximate surface area is 635 Å². The van der Waals surface area contributed by atoms with Crippen molar-refractivity contribution in [3.8, 4) is 0 Å². The highest BCUT2D eigenvalue weighted by molar-refractivity contribution is 7.93. The van der Waals surface area contributed by atoms with Crippen LogP contribution in [0.4, 0.5) is 54.0 Å². The molecule has 570 valence electrons. The van der Waals surface area contributed by atoms with Gasteiger partial charge in [0.25, 0.3) is 36.0 Å². The van der Waals surface area contributed by atoms with E-state index in [1.165, 1.54) is 114 Å². The van der Waals surface area contributed by atoms with Gasteiger partial charge in [0.05, 0.1) is 20.9 Å². The zero-order valence-electron chi connectivity index (χ0n) is 58.3. The molecule has 3 atom stereocenters. The van der Waals surface area contributed by atoms with Crippen LogP contribution in [0.15, 0.2) is 203 Å². The molecule has 26 nitrogen and oxygen atoms in total. The molecule has 0 spiro atoms. The molecular weight excluding hydrogens is 1480 g/mol. The van der Waals surface area contributed by atoms with Gasteiger partial charge in [0.15, 0.2) is 11.2 Å². The molecule has 5 aliphatic rings. The van der Waals surface area contributed by atoms with Gasteiger partial charge in [-0.1, -0.05) is 41.9 Å². The summed E-state index contributed by atoms with van der Waals surface area (Å²) in [6.45, 7) is 10.6. The highest BCUT2D eigenvalue weighted by Crippen LogP contribution is 2.34. The molecule has 33 heteroatoms. The number of nitrogens with one attached hydrogen (secondary N) is 3. The Hall–Kier alpha value is -10.4. The quantitative estimate of drug-likeness (QED) is 0.0620. The van der Waals surface area contributed by atoms with Crippen LogP contribution in [0.2, 0.25) is 5.02 Å². The minimum absolute atomic E-state index is 0. The number of sulfonamides is 3. The van der Waals surface area contributed by atoms with Crippen LogP contribution in [0.5, 0.6) is 0 Å². The van der Waals surface area contributed by atoms with Gasteiger partial charge in [0, 0.05) is 137 Å². The first-order chi connectivity index (χ1) is 51.4. The number of para-hydroxylation sites is 1. The van der Waals surface area contributed by atoms with E-state index in [4.69, 9.17) is 11.6 Å². The first kappa shape index (κ1) is 76.3. The summed E-state index contributed by atoms with van der Waals surface area (Å²) in [6, 6.07) is 41.6. The minimum Gasteiger partial charge on any atom is -0.378 e. The molecule has 0 aliphatic carbocycles. The number of carbonyl (C=O) groups excluding carboxylic acids is 4. The SMILES string of the molecule is C[C@H](C(=O)N1CCN(c2ccc(S(=O)(=O)Nc3ccc(F)cn3)cc2)CC1)N1CCCc2cc(Cl)ccc21.C[C@H](C(=O)N1CCN(c2ccc(S(=O)(=O)Nc3nccs3)cc2)C(=O)C1)N1CCCc2ccccc21.O=C(C(O)c1ccc(F)cc1)N1CCN(c2ccc(S(=O)(=O)Nc3ccncn3)cc2)CC1.[HH].[HH].[HH].[HH].[HH]. The molecule has 3 fully saturated rings. The summed E-state index contributed by atoms with van der Waals surface area (Å²) in [4.78, 5) is 83.0. The lowest BCUT2D eigenvalue weighted by atomic mass is 10.00. The van der Waals surface area contributed by atoms with Crippen molar-refractivity contribution in [3.05, 3.63) is 221 Å². The Morgan fingerprint density at radius 1 is 0.523 bits per heavy atom. The molecule has 0 bridgehead atoms. The topological polar surface area (TPSA) is 304 Å². The molecule has 4 amide bonds. The molecule has 9 aromatic rings. The van der Waals surface area contributed by atoms with Gasteiger partial charge < -0.3 is 44.3 Å². The number of halogens is 3. The highest BCUT2D eigenvalue weighted by atomic mass is 35.5. The van der Waals surface area contributed by atoms with Crippen molar-refractivity contribution in [3.63, 3.8) is 0 Å². The number of fused-ring (bicyclic) bond motifs is 2. The van der Waals surface area contributed by atoms with E-state index in [9.17, 15) is 58.3 Å². The number of anilines is 8. The zero-order chi connectivity index (χ0) is 75.6. The summed E-state index contributed by atoms with van der Waals surface area (Å²) in [5.74, 6) is -1.34. The lowest BCUT2D eigenvalue weighted by Gasteiger charge is -2.41. The van der Waals surface area contributed by atoms with E-state index in [0.717, 1.165) is 73.8 Å². The molecule has 6 aromatic carbocycles. The number of aryl methyl sites for hydroxylation is 2. The second-order valence-electron chi connectivity index (χ2n) is 25.8. The summed E-state index contributed by atoms with van der Waals surface area (Å²) in [5, 5.41) is 13.0. The average Bonchev–Trinajstić information content (AvgIpc) is 0.936. The first-order valence-electron chi connectivity index (χ1n) is 34.5. The van der Waals surface area contributed by atoms with Crippen LogP contribution in [-0.2, 0) is 62.1 Å². The van der Waals surface area contributed by atoms with Crippen LogP contribution in [0.3, 0.4) is 0 Å². The van der Waals surface area contributed by atoms with E-state index in [0.29, 0.717) is 81.7 Å². The molecule has 3 saturated heterocycles. The van der Waals surface area contributed by atoms with Crippen molar-refractivity contribution in [2.75, 3.05) is 124 Å². The number of rotatable bonds is 18. The standard InChI is InChI=1S/C27H29ClFN5O3S.C25H27N5O4S2.C22H22FN5O4S.5H2/c1-19(34-12-2-3-20-17-21(28)4-10-25(20)34)27(35)33-15-13-32(14-16-33)23-6-8-24(9-7-23)38(36,37)31-26-11-5-22(29)18-30-26;1-18(29-13-4-6-19-5-2-3-7-22(19)29)24(32)28-14-15-30(23(31)17-28)20-8-10-21(11-9-20)36(33,34)27-25-26-12-16-35-25;23-17-3-1-16(2-4-17)21(29)22(30)28-13-11-27(12-14-28)18-5-7-19(8-6-18)33(31,32)26-20-9-10-24-15-25-20;;;;;/h4-11,17-19H,2-3,12-16H2,1H3,(H,30,31);2-3,5,7-12,16,18H,4,6,13-15,17H2,1H3,(H,26,27);1-10,15,21,29H,11-14H2,(H,24,25,26);5*1H/t19-;18-;;;;;;/m11....../s1. The monoisotopic (exact) mass is 1560 g/mol. The van der Waals surface area contributed by atoms with Gasteiger partial charge in [-0.2, -0.15) is 0 Å². The lowest BCUT2D eigenvalue weighted by Crippen LogP contribution is -2.57. The number of thiazole rings is 1. The van der Waals surface area contributed by atoms with Crippen LogP contribution < -0.4 is 38.7 Å². The van der Waals surface area contributed by atoms with Crippen molar-refractivity contribution in [2.45, 2.75) is 72.4 Å². The molecule has 4 N–H and O–H groups in total. The second-order valence-corrected chi connectivity index (χ2v) is 32.2. The highest BCUT2D eigenvalue weighted by Gasteiger charge is 2.36. The van der Waals surface area contributed by atoms with Gasteiger partial charge in [-0.3, -0.25) is 33.3 Å². The van der Waals surface area contributed by atoms with Gasteiger partial charge in [-0.15, -0.1) is 11.3 Å². The van der Waals surface area contributed by atoms with Crippen LogP contribution in [0.25, 0.3) is 0 Å². The summed E-state index contributed by atoms with van der Waals surface area (Å²) in [7, 11) is -11.4. The van der Waals surface area contributed by atoms with Gasteiger partial charge in [-0.25, -0.2) is 54.0 Å². The molecule has 0 radical (unpaired) electrons. The fourth-order valence-electron chi connectivity index (χ4n) is 13.3. The van der Waals surface area contributed by atoms with Crippen molar-refractivity contribution in [1.82, 2.24) is 34.6 Å².